The number of aromatic nitrogens is 2. The van der Waals surface area contributed by atoms with Crippen LogP contribution in [-0.4, -0.2) is 15.6 Å². The highest BCUT2D eigenvalue weighted by atomic mass is 16.1. The molecule has 4 nitrogen and oxygen atoms in total. The average Bonchev–Trinajstić information content (AvgIpc) is 2.68. The molecule has 0 N–H and O–H groups in total. The van der Waals surface area contributed by atoms with Gasteiger partial charge in [-0.3, -0.25) is 0 Å². The van der Waals surface area contributed by atoms with Crippen molar-refractivity contribution in [2.45, 2.75) is 13.5 Å². The van der Waals surface area contributed by atoms with Gasteiger partial charge < -0.3 is 4.57 Å². The molecule has 0 saturated carbocycles. The molecule has 1 aromatic heterocycles. The molecule has 0 aliphatic rings. The van der Waals surface area contributed by atoms with E-state index in [0.29, 0.717) is 5.69 Å². The largest absolute Gasteiger partial charge is 0.331 e. The molecular formula is C12H11N3O. The third kappa shape index (κ3) is 2.24. The van der Waals surface area contributed by atoms with Crippen LogP contribution in [0.5, 0.6) is 0 Å². The van der Waals surface area contributed by atoms with Gasteiger partial charge in [0, 0.05) is 18.9 Å². The van der Waals surface area contributed by atoms with Crippen molar-refractivity contribution in [1.82, 2.24) is 9.55 Å². The zero-order valence-electron chi connectivity index (χ0n) is 8.92. The lowest BCUT2D eigenvalue weighted by molar-refractivity contribution is 0.565. The zero-order chi connectivity index (χ0) is 11.4. The van der Waals surface area contributed by atoms with E-state index in [-0.39, 0.29) is 0 Å². The third-order valence-electron chi connectivity index (χ3n) is 2.39. The maximum Gasteiger partial charge on any atom is 0.240 e. The number of imidazole rings is 1. The van der Waals surface area contributed by atoms with Gasteiger partial charge in [0.1, 0.15) is 5.82 Å². The molecule has 0 fully saturated rings. The van der Waals surface area contributed by atoms with Crippen LogP contribution in [0.25, 0.3) is 0 Å². The fourth-order valence-electron chi connectivity index (χ4n) is 1.50. The van der Waals surface area contributed by atoms with E-state index in [4.69, 9.17) is 0 Å². The number of isocyanates is 1. The second kappa shape index (κ2) is 4.55. The number of hydrogen-bond donors (Lipinski definition) is 0. The van der Waals surface area contributed by atoms with Crippen molar-refractivity contribution in [1.29, 1.82) is 0 Å². The Kier molecular flexibility index (Phi) is 2.94. The Morgan fingerprint density at radius 3 is 2.69 bits per heavy atom. The zero-order valence-corrected chi connectivity index (χ0v) is 8.92. The van der Waals surface area contributed by atoms with E-state index in [1.165, 1.54) is 6.08 Å². The van der Waals surface area contributed by atoms with Crippen molar-refractivity contribution in [3.8, 4) is 0 Å². The van der Waals surface area contributed by atoms with Crippen LogP contribution in [-0.2, 0) is 11.3 Å². The molecule has 0 radical (unpaired) electrons. The predicted octanol–water partition coefficient (Wildman–Crippen LogP) is 2.21. The van der Waals surface area contributed by atoms with Crippen molar-refractivity contribution in [3.05, 3.63) is 48.0 Å². The summed E-state index contributed by atoms with van der Waals surface area (Å²) >= 11 is 0. The maximum atomic E-state index is 10.1. The van der Waals surface area contributed by atoms with Gasteiger partial charge in [0.15, 0.2) is 0 Å². The van der Waals surface area contributed by atoms with Gasteiger partial charge in [0.05, 0.1) is 5.69 Å². The van der Waals surface area contributed by atoms with Crippen LogP contribution in [0.4, 0.5) is 5.69 Å². The van der Waals surface area contributed by atoms with Crippen LogP contribution in [0.15, 0.2) is 41.7 Å². The normalized spacial score (nSPS) is 9.81. The van der Waals surface area contributed by atoms with Crippen molar-refractivity contribution >= 4 is 11.8 Å². The van der Waals surface area contributed by atoms with Gasteiger partial charge in [-0.05, 0) is 24.6 Å². The Morgan fingerprint density at radius 2 is 2.12 bits per heavy atom. The Morgan fingerprint density at radius 1 is 1.38 bits per heavy atom. The van der Waals surface area contributed by atoms with Gasteiger partial charge >= 0.3 is 0 Å². The SMILES string of the molecule is Cc1nccn1Cc1ccc(N=C=O)cc1. The van der Waals surface area contributed by atoms with Gasteiger partial charge in [0.25, 0.3) is 0 Å². The van der Waals surface area contributed by atoms with Gasteiger partial charge in [-0.25, -0.2) is 9.78 Å². The van der Waals surface area contributed by atoms with E-state index in [2.05, 4.69) is 14.5 Å². The molecule has 1 aromatic carbocycles. The Bertz CT molecular complexity index is 521. The summed E-state index contributed by atoms with van der Waals surface area (Å²) in [7, 11) is 0. The number of hydrogen-bond acceptors (Lipinski definition) is 3. The van der Waals surface area contributed by atoms with Crippen molar-refractivity contribution < 1.29 is 4.79 Å². The van der Waals surface area contributed by atoms with E-state index in [9.17, 15) is 4.79 Å². The molecule has 0 saturated heterocycles. The van der Waals surface area contributed by atoms with E-state index < -0.39 is 0 Å². The molecule has 0 amide bonds. The molecule has 0 bridgehead atoms. The molecule has 0 unspecified atom stereocenters. The summed E-state index contributed by atoms with van der Waals surface area (Å²) in [5, 5.41) is 0. The van der Waals surface area contributed by atoms with E-state index in [1.807, 2.05) is 25.3 Å². The van der Waals surface area contributed by atoms with Gasteiger partial charge in [-0.1, -0.05) is 12.1 Å². The average molecular weight is 213 g/mol. The minimum Gasteiger partial charge on any atom is -0.331 e. The second-order valence-corrected chi connectivity index (χ2v) is 3.47. The van der Waals surface area contributed by atoms with E-state index >= 15 is 0 Å². The van der Waals surface area contributed by atoms with Gasteiger partial charge in [-0.2, -0.15) is 4.99 Å². The molecule has 2 rings (SSSR count). The summed E-state index contributed by atoms with van der Waals surface area (Å²) in [5.74, 6) is 0.981. The first kappa shape index (κ1) is 10.3. The molecule has 0 aliphatic heterocycles. The van der Waals surface area contributed by atoms with Crippen molar-refractivity contribution in [2.24, 2.45) is 4.99 Å². The number of aryl methyl sites for hydroxylation is 1. The number of benzene rings is 1. The van der Waals surface area contributed by atoms with E-state index in [0.717, 1.165) is 17.9 Å². The minimum absolute atomic E-state index is 0.626. The molecule has 1 heterocycles. The molecule has 16 heavy (non-hydrogen) atoms. The first-order valence-electron chi connectivity index (χ1n) is 4.94. The summed E-state index contributed by atoms with van der Waals surface area (Å²) in [6.45, 7) is 2.74. The highest BCUT2D eigenvalue weighted by molar-refractivity contribution is 5.49. The van der Waals surface area contributed by atoms with Crippen LogP contribution < -0.4 is 0 Å². The topological polar surface area (TPSA) is 47.2 Å². The van der Waals surface area contributed by atoms with Crippen LogP contribution in [0.3, 0.4) is 0 Å². The third-order valence-corrected chi connectivity index (χ3v) is 2.39. The van der Waals surface area contributed by atoms with Crippen LogP contribution in [0, 0.1) is 6.92 Å². The minimum atomic E-state index is 0.626. The molecule has 80 valence electrons. The lowest BCUT2D eigenvalue weighted by Crippen LogP contribution is -2.00. The number of nitrogens with zero attached hydrogens (tertiary/aromatic N) is 3. The standard InChI is InChI=1S/C12H11N3O/c1-10-13-6-7-15(10)8-11-2-4-12(5-3-11)14-9-16/h2-7H,8H2,1H3. The summed E-state index contributed by atoms with van der Waals surface area (Å²) in [6, 6.07) is 7.48. The number of aliphatic imine (C=N–C) groups is 1. The number of rotatable bonds is 3. The molecule has 0 aliphatic carbocycles. The first-order chi connectivity index (χ1) is 7.79. The van der Waals surface area contributed by atoms with Crippen LogP contribution >= 0.6 is 0 Å². The molecule has 4 heteroatoms. The Labute approximate surface area is 93.3 Å². The Hall–Kier alpha value is -2.19. The van der Waals surface area contributed by atoms with Crippen molar-refractivity contribution in [3.63, 3.8) is 0 Å². The maximum absolute atomic E-state index is 10.1. The predicted molar refractivity (Wildman–Crippen MR) is 60.3 cm³/mol. The van der Waals surface area contributed by atoms with Crippen LogP contribution in [0.1, 0.15) is 11.4 Å². The molecular weight excluding hydrogens is 202 g/mol. The highest BCUT2D eigenvalue weighted by Crippen LogP contribution is 2.13. The van der Waals surface area contributed by atoms with Gasteiger partial charge in [0.2, 0.25) is 6.08 Å². The lowest BCUT2D eigenvalue weighted by atomic mass is 10.2. The van der Waals surface area contributed by atoms with Crippen LogP contribution in [0.2, 0.25) is 0 Å². The second-order valence-electron chi connectivity index (χ2n) is 3.47. The molecule has 2 aromatic rings. The van der Waals surface area contributed by atoms with Crippen molar-refractivity contribution in [2.75, 3.05) is 0 Å². The molecule has 0 spiro atoms. The van der Waals surface area contributed by atoms with E-state index in [1.54, 1.807) is 18.3 Å². The fraction of sp³-hybridized carbons (Fsp3) is 0.167. The summed E-state index contributed by atoms with van der Waals surface area (Å²) in [5.41, 5.74) is 1.77. The highest BCUT2D eigenvalue weighted by Gasteiger charge is 1.98. The first-order valence-corrected chi connectivity index (χ1v) is 4.94. The smallest absolute Gasteiger partial charge is 0.240 e. The van der Waals surface area contributed by atoms with Gasteiger partial charge in [-0.15, -0.1) is 0 Å². The summed E-state index contributed by atoms with van der Waals surface area (Å²) < 4.78 is 2.05. The summed E-state index contributed by atoms with van der Waals surface area (Å²) in [4.78, 5) is 17.7. The Balaban J connectivity index is 2.17. The fourth-order valence-corrected chi connectivity index (χ4v) is 1.50. The monoisotopic (exact) mass is 213 g/mol. The lowest BCUT2D eigenvalue weighted by Gasteiger charge is -2.04. The molecule has 0 atom stereocenters. The summed E-state index contributed by atoms with van der Waals surface area (Å²) in [6.07, 6.45) is 5.23. The number of carbonyl (C=O) groups excluding carboxylic acids is 1. The quantitative estimate of drug-likeness (QED) is 0.579.